The molecule has 0 unspecified atom stereocenters. The van der Waals surface area contributed by atoms with E-state index >= 15 is 0 Å². The van der Waals surface area contributed by atoms with Crippen molar-refractivity contribution in [1.29, 1.82) is 0 Å². The number of esters is 1. The lowest BCUT2D eigenvalue weighted by Gasteiger charge is -2.25. The minimum atomic E-state index is -1.15. The van der Waals surface area contributed by atoms with Crippen LogP contribution >= 0.6 is 0 Å². The molecule has 1 aliphatic heterocycles. The number of fused-ring (bicyclic) bond motifs is 1. The van der Waals surface area contributed by atoms with Gasteiger partial charge in [-0.2, -0.15) is 0 Å². The third-order valence-corrected chi connectivity index (χ3v) is 3.76. The summed E-state index contributed by atoms with van der Waals surface area (Å²) in [6.07, 6.45) is 0.193. The first-order chi connectivity index (χ1) is 12.2. The van der Waals surface area contributed by atoms with Crippen LogP contribution in [0.2, 0.25) is 0 Å². The Hall–Kier alpha value is -3.03. The summed E-state index contributed by atoms with van der Waals surface area (Å²) in [6.45, 7) is 4.15. The topological polar surface area (TPSA) is 110 Å². The van der Waals surface area contributed by atoms with E-state index in [4.69, 9.17) is 4.74 Å². The van der Waals surface area contributed by atoms with Gasteiger partial charge in [-0.05, 0) is 24.5 Å². The van der Waals surface area contributed by atoms with Crippen LogP contribution in [0.15, 0.2) is 24.3 Å². The third-order valence-electron chi connectivity index (χ3n) is 3.76. The number of carbonyl (C=O) groups excluding carboxylic acids is 5. The molecule has 0 bridgehead atoms. The van der Waals surface area contributed by atoms with Crippen LogP contribution in [-0.2, 0) is 19.1 Å². The van der Waals surface area contributed by atoms with Crippen molar-refractivity contribution in [3.8, 4) is 0 Å². The van der Waals surface area contributed by atoms with Gasteiger partial charge in [0.15, 0.2) is 6.61 Å². The maximum absolute atomic E-state index is 12.6. The summed E-state index contributed by atoms with van der Waals surface area (Å²) in [5.41, 5.74) is 0.460. The number of carbonyl (C=O) groups is 5. The molecule has 8 nitrogen and oxygen atoms in total. The van der Waals surface area contributed by atoms with Gasteiger partial charge in [0.05, 0.1) is 11.1 Å². The van der Waals surface area contributed by atoms with Crippen molar-refractivity contribution < 1.29 is 28.7 Å². The van der Waals surface area contributed by atoms with Gasteiger partial charge in [0.1, 0.15) is 6.04 Å². The number of amides is 4. The molecule has 1 atom stereocenters. The highest BCUT2D eigenvalue weighted by molar-refractivity contribution is 6.22. The predicted molar refractivity (Wildman–Crippen MR) is 90.0 cm³/mol. The molecule has 26 heavy (non-hydrogen) atoms. The van der Waals surface area contributed by atoms with Gasteiger partial charge in [-0.1, -0.05) is 26.0 Å². The van der Waals surface area contributed by atoms with Crippen LogP contribution in [0.1, 0.15) is 47.9 Å². The number of rotatable bonds is 6. The Morgan fingerprint density at radius 1 is 1.08 bits per heavy atom. The summed E-state index contributed by atoms with van der Waals surface area (Å²) < 4.78 is 4.93. The van der Waals surface area contributed by atoms with E-state index in [9.17, 15) is 24.0 Å². The van der Waals surface area contributed by atoms with Crippen molar-refractivity contribution in [1.82, 2.24) is 10.2 Å². The molecule has 0 aliphatic carbocycles. The van der Waals surface area contributed by atoms with E-state index in [-0.39, 0.29) is 23.5 Å². The zero-order chi connectivity index (χ0) is 19.4. The summed E-state index contributed by atoms with van der Waals surface area (Å²) in [6, 6.07) is 5.17. The minimum absolute atomic E-state index is 0.0112. The molecule has 1 heterocycles. The summed E-state index contributed by atoms with van der Waals surface area (Å²) in [7, 11) is 0. The van der Waals surface area contributed by atoms with E-state index in [1.165, 1.54) is 12.1 Å². The SMILES string of the molecule is CC(=O)NC(=O)COC(=O)[C@@H](CC(C)C)N1C(=O)c2ccccc2C1=O. The first-order valence-corrected chi connectivity index (χ1v) is 8.16. The van der Waals surface area contributed by atoms with E-state index in [2.05, 4.69) is 0 Å². The molecular weight excluding hydrogens is 340 g/mol. The molecule has 2 rings (SSSR count). The number of nitrogens with one attached hydrogen (secondary N) is 1. The van der Waals surface area contributed by atoms with Crippen molar-refractivity contribution >= 4 is 29.6 Å². The first-order valence-electron chi connectivity index (χ1n) is 8.16. The van der Waals surface area contributed by atoms with Gasteiger partial charge in [0.2, 0.25) is 5.91 Å². The molecule has 0 spiro atoms. The zero-order valence-electron chi connectivity index (χ0n) is 14.8. The first kappa shape index (κ1) is 19.3. The molecule has 0 saturated heterocycles. The molecule has 4 amide bonds. The number of imide groups is 2. The Labute approximate surface area is 150 Å². The fourth-order valence-corrected chi connectivity index (χ4v) is 2.71. The second-order valence-corrected chi connectivity index (χ2v) is 6.38. The molecule has 8 heteroatoms. The average Bonchev–Trinajstić information content (AvgIpc) is 2.81. The normalized spacial score (nSPS) is 14.2. The predicted octanol–water partition coefficient (Wildman–Crippen LogP) is 0.903. The molecular formula is C18H20N2O6. The third kappa shape index (κ3) is 4.14. The van der Waals surface area contributed by atoms with E-state index < -0.39 is 42.2 Å². The van der Waals surface area contributed by atoms with Crippen LogP contribution in [0.3, 0.4) is 0 Å². The molecule has 0 fully saturated rings. The fraction of sp³-hybridized carbons (Fsp3) is 0.389. The molecule has 138 valence electrons. The van der Waals surface area contributed by atoms with Crippen LogP contribution in [-0.4, -0.2) is 47.1 Å². The maximum Gasteiger partial charge on any atom is 0.329 e. The van der Waals surface area contributed by atoms with Gasteiger partial charge in [-0.25, -0.2) is 4.79 Å². The lowest BCUT2D eigenvalue weighted by Crippen LogP contribution is -2.47. The van der Waals surface area contributed by atoms with Crippen LogP contribution in [0.25, 0.3) is 0 Å². The fourth-order valence-electron chi connectivity index (χ4n) is 2.71. The largest absolute Gasteiger partial charge is 0.454 e. The Morgan fingerprint density at radius 2 is 1.62 bits per heavy atom. The number of hydrogen-bond donors (Lipinski definition) is 1. The molecule has 0 radical (unpaired) electrons. The van der Waals surface area contributed by atoms with Crippen LogP contribution in [0.5, 0.6) is 0 Å². The highest BCUT2D eigenvalue weighted by Gasteiger charge is 2.43. The Morgan fingerprint density at radius 3 is 2.08 bits per heavy atom. The van der Waals surface area contributed by atoms with Crippen molar-refractivity contribution in [2.24, 2.45) is 5.92 Å². The average molecular weight is 360 g/mol. The lowest BCUT2D eigenvalue weighted by molar-refractivity contribution is -0.153. The van der Waals surface area contributed by atoms with Crippen LogP contribution in [0, 0.1) is 5.92 Å². The van der Waals surface area contributed by atoms with Crippen molar-refractivity contribution in [3.63, 3.8) is 0 Å². The van der Waals surface area contributed by atoms with E-state index in [1.54, 1.807) is 12.1 Å². The van der Waals surface area contributed by atoms with Crippen LogP contribution in [0.4, 0.5) is 0 Å². The molecule has 1 N–H and O–H groups in total. The maximum atomic E-state index is 12.6. The van der Waals surface area contributed by atoms with Gasteiger partial charge >= 0.3 is 5.97 Å². The molecule has 0 saturated carbocycles. The Balaban J connectivity index is 2.19. The zero-order valence-corrected chi connectivity index (χ0v) is 14.8. The minimum Gasteiger partial charge on any atom is -0.454 e. The van der Waals surface area contributed by atoms with Gasteiger partial charge in [0, 0.05) is 6.92 Å². The summed E-state index contributed by atoms with van der Waals surface area (Å²) >= 11 is 0. The molecule has 0 aromatic heterocycles. The smallest absolute Gasteiger partial charge is 0.329 e. The van der Waals surface area contributed by atoms with Crippen LogP contribution < -0.4 is 5.32 Å². The Kier molecular flexibility index (Phi) is 5.86. The highest BCUT2D eigenvalue weighted by Crippen LogP contribution is 2.27. The summed E-state index contributed by atoms with van der Waals surface area (Å²) in [5, 5.41) is 1.98. The number of ether oxygens (including phenoxy) is 1. The van der Waals surface area contributed by atoms with Gasteiger partial charge in [-0.3, -0.25) is 29.4 Å². The standard InChI is InChI=1S/C18H20N2O6/c1-10(2)8-14(18(25)26-9-15(22)19-11(3)21)20-16(23)12-6-4-5-7-13(12)17(20)24/h4-7,10,14H,8-9H2,1-3H3,(H,19,21,22)/t14-/m1/s1. The lowest BCUT2D eigenvalue weighted by atomic mass is 10.0. The number of hydrogen-bond acceptors (Lipinski definition) is 6. The van der Waals surface area contributed by atoms with Gasteiger partial charge in [0.25, 0.3) is 17.7 Å². The summed E-state index contributed by atoms with van der Waals surface area (Å²) in [4.78, 5) is 60.8. The molecule has 1 aliphatic rings. The van der Waals surface area contributed by atoms with E-state index in [0.717, 1.165) is 11.8 Å². The van der Waals surface area contributed by atoms with Gasteiger partial charge in [-0.15, -0.1) is 0 Å². The van der Waals surface area contributed by atoms with Gasteiger partial charge < -0.3 is 4.74 Å². The van der Waals surface area contributed by atoms with Crippen molar-refractivity contribution in [2.45, 2.75) is 33.2 Å². The Bertz CT molecular complexity index is 736. The summed E-state index contributed by atoms with van der Waals surface area (Å²) in [5.74, 6) is -3.38. The van der Waals surface area contributed by atoms with E-state index in [0.29, 0.717) is 0 Å². The second-order valence-electron chi connectivity index (χ2n) is 6.38. The van der Waals surface area contributed by atoms with E-state index in [1.807, 2.05) is 19.2 Å². The molecule has 1 aromatic rings. The number of benzene rings is 1. The molecule has 1 aromatic carbocycles. The monoisotopic (exact) mass is 360 g/mol. The highest BCUT2D eigenvalue weighted by atomic mass is 16.5. The van der Waals surface area contributed by atoms with Crippen molar-refractivity contribution in [3.05, 3.63) is 35.4 Å². The quantitative estimate of drug-likeness (QED) is 0.596. The second kappa shape index (κ2) is 7.90. The number of nitrogens with zero attached hydrogens (tertiary/aromatic N) is 1. The van der Waals surface area contributed by atoms with Crippen molar-refractivity contribution in [2.75, 3.05) is 6.61 Å².